The Morgan fingerprint density at radius 2 is 2.57 bits per heavy atom. The Kier molecular flexibility index (Phi) is 1.51. The molecule has 1 rings (SSSR count). The summed E-state index contributed by atoms with van der Waals surface area (Å²) in [6.07, 6.45) is 0.931. The minimum atomic E-state index is 0.657. The van der Waals surface area contributed by atoms with Gasteiger partial charge in [0.1, 0.15) is 0 Å². The topological polar surface area (TPSA) is 35.9 Å². The molecule has 1 saturated heterocycles. The summed E-state index contributed by atoms with van der Waals surface area (Å²) in [5.74, 6) is 0.694. The first kappa shape index (κ1) is 5.34. The van der Waals surface area contributed by atoms with Crippen LogP contribution in [0.2, 0.25) is 0 Å². The Hall–Kier alpha value is 0.200. The lowest BCUT2D eigenvalue weighted by molar-refractivity contribution is 0.956. The number of amidine groups is 1. The Labute approximate surface area is 56.3 Å². The molecule has 0 aliphatic carbocycles. The summed E-state index contributed by atoms with van der Waals surface area (Å²) in [4.78, 5) is 0. The molecule has 0 spiro atoms. The van der Waals surface area contributed by atoms with Crippen molar-refractivity contribution in [3.8, 4) is 0 Å². The number of halogens is 1. The van der Waals surface area contributed by atoms with Crippen molar-refractivity contribution in [1.29, 1.82) is 5.41 Å². The van der Waals surface area contributed by atoms with Gasteiger partial charge in [-0.05, 0) is 0 Å². The monoisotopic (exact) mass is 210 g/mol. The van der Waals surface area contributed by atoms with Crippen LogP contribution in [0.15, 0.2) is 0 Å². The lowest BCUT2D eigenvalue weighted by Gasteiger charge is -1.87. The molecule has 1 heterocycles. The van der Waals surface area contributed by atoms with Crippen molar-refractivity contribution in [3.05, 3.63) is 0 Å². The molecule has 1 aliphatic rings. The van der Waals surface area contributed by atoms with Crippen LogP contribution in [0.25, 0.3) is 0 Å². The highest BCUT2D eigenvalue weighted by molar-refractivity contribution is 14.1. The standard InChI is InChI=1S/C4H7IN2/c5-3-1-4(6)7-2-3/h3H,1-2H2,(H2,6,7). The Morgan fingerprint density at radius 1 is 1.86 bits per heavy atom. The van der Waals surface area contributed by atoms with Gasteiger partial charge in [-0.15, -0.1) is 0 Å². The van der Waals surface area contributed by atoms with Gasteiger partial charge in [0.15, 0.2) is 0 Å². The molecule has 3 heteroatoms. The van der Waals surface area contributed by atoms with Crippen LogP contribution in [0.5, 0.6) is 0 Å². The summed E-state index contributed by atoms with van der Waals surface area (Å²) in [5, 5.41) is 10.0. The van der Waals surface area contributed by atoms with Gasteiger partial charge >= 0.3 is 0 Å². The third-order valence-electron chi connectivity index (χ3n) is 0.963. The van der Waals surface area contributed by atoms with Crippen molar-refractivity contribution in [1.82, 2.24) is 5.32 Å². The third-order valence-corrected chi connectivity index (χ3v) is 1.84. The normalized spacial score (nSPS) is 30.4. The molecule has 1 aliphatic heterocycles. The van der Waals surface area contributed by atoms with E-state index < -0.39 is 0 Å². The lowest BCUT2D eigenvalue weighted by Crippen LogP contribution is -2.12. The summed E-state index contributed by atoms with van der Waals surface area (Å²) in [6.45, 7) is 0.986. The second-order valence-electron chi connectivity index (χ2n) is 1.66. The van der Waals surface area contributed by atoms with Gasteiger partial charge in [-0.3, -0.25) is 5.41 Å². The molecule has 0 radical (unpaired) electrons. The Morgan fingerprint density at radius 3 is 2.71 bits per heavy atom. The van der Waals surface area contributed by atoms with Gasteiger partial charge in [-0.1, -0.05) is 22.6 Å². The van der Waals surface area contributed by atoms with E-state index in [0.717, 1.165) is 13.0 Å². The van der Waals surface area contributed by atoms with Crippen molar-refractivity contribution in [3.63, 3.8) is 0 Å². The van der Waals surface area contributed by atoms with Gasteiger partial charge in [-0.2, -0.15) is 0 Å². The van der Waals surface area contributed by atoms with Gasteiger partial charge < -0.3 is 5.32 Å². The van der Waals surface area contributed by atoms with Crippen molar-refractivity contribution in [2.24, 2.45) is 0 Å². The van der Waals surface area contributed by atoms with Crippen LogP contribution in [0.4, 0.5) is 0 Å². The molecule has 0 aromatic rings. The van der Waals surface area contributed by atoms with Crippen LogP contribution in [-0.4, -0.2) is 16.3 Å². The van der Waals surface area contributed by atoms with E-state index in [1.807, 2.05) is 0 Å². The van der Waals surface area contributed by atoms with E-state index in [0.29, 0.717) is 9.76 Å². The molecule has 0 aromatic carbocycles. The van der Waals surface area contributed by atoms with Crippen molar-refractivity contribution < 1.29 is 0 Å². The average molecular weight is 210 g/mol. The van der Waals surface area contributed by atoms with E-state index in [1.165, 1.54) is 0 Å². The van der Waals surface area contributed by atoms with Gasteiger partial charge in [0.05, 0.1) is 5.84 Å². The van der Waals surface area contributed by atoms with Crippen LogP contribution in [0.3, 0.4) is 0 Å². The molecule has 7 heavy (non-hydrogen) atoms. The molecule has 2 nitrogen and oxygen atoms in total. The summed E-state index contributed by atoms with van der Waals surface area (Å²) < 4.78 is 0.657. The average Bonchev–Trinajstić information content (AvgIpc) is 1.87. The van der Waals surface area contributed by atoms with Crippen molar-refractivity contribution >= 4 is 28.4 Å². The molecule has 1 fully saturated rings. The van der Waals surface area contributed by atoms with E-state index in [9.17, 15) is 0 Å². The minimum Gasteiger partial charge on any atom is -0.373 e. The molecule has 1 unspecified atom stereocenters. The smallest absolute Gasteiger partial charge is 0.0943 e. The van der Waals surface area contributed by atoms with E-state index in [1.54, 1.807) is 0 Å². The summed E-state index contributed by atoms with van der Waals surface area (Å²) in [7, 11) is 0. The second kappa shape index (κ2) is 1.98. The SMILES string of the molecule is N=C1CC(I)CN1. The zero-order chi connectivity index (χ0) is 5.28. The third kappa shape index (κ3) is 1.29. The van der Waals surface area contributed by atoms with Crippen LogP contribution in [-0.2, 0) is 0 Å². The molecular weight excluding hydrogens is 203 g/mol. The summed E-state index contributed by atoms with van der Waals surface area (Å²) in [5.41, 5.74) is 0. The molecule has 0 saturated carbocycles. The molecule has 0 bridgehead atoms. The summed E-state index contributed by atoms with van der Waals surface area (Å²) in [6, 6.07) is 0. The molecule has 40 valence electrons. The zero-order valence-electron chi connectivity index (χ0n) is 3.87. The van der Waals surface area contributed by atoms with Crippen LogP contribution >= 0.6 is 22.6 Å². The van der Waals surface area contributed by atoms with E-state index in [2.05, 4.69) is 27.9 Å². The number of hydrogen-bond acceptors (Lipinski definition) is 1. The largest absolute Gasteiger partial charge is 0.373 e. The second-order valence-corrected chi connectivity index (χ2v) is 3.42. The predicted octanol–water partition coefficient (Wildman–Crippen LogP) is 0.761. The fraction of sp³-hybridized carbons (Fsp3) is 0.750. The number of alkyl halides is 1. The van der Waals surface area contributed by atoms with Gasteiger partial charge in [0.25, 0.3) is 0 Å². The first-order valence-electron chi connectivity index (χ1n) is 2.24. The highest BCUT2D eigenvalue weighted by atomic mass is 127. The molecule has 0 aromatic heterocycles. The fourth-order valence-corrected chi connectivity index (χ4v) is 1.26. The van der Waals surface area contributed by atoms with Crippen LogP contribution in [0, 0.1) is 5.41 Å². The van der Waals surface area contributed by atoms with Crippen molar-refractivity contribution in [2.45, 2.75) is 10.3 Å². The maximum absolute atomic E-state index is 7.06. The highest BCUT2D eigenvalue weighted by Gasteiger charge is 2.13. The van der Waals surface area contributed by atoms with E-state index >= 15 is 0 Å². The van der Waals surface area contributed by atoms with Crippen LogP contribution < -0.4 is 5.32 Å². The maximum Gasteiger partial charge on any atom is 0.0943 e. The first-order chi connectivity index (χ1) is 3.29. The van der Waals surface area contributed by atoms with Crippen molar-refractivity contribution in [2.75, 3.05) is 6.54 Å². The molecule has 0 amide bonds. The number of rotatable bonds is 0. The number of nitrogens with one attached hydrogen (secondary N) is 2. The van der Waals surface area contributed by atoms with Gasteiger partial charge in [-0.25, -0.2) is 0 Å². The van der Waals surface area contributed by atoms with Crippen LogP contribution in [0.1, 0.15) is 6.42 Å². The Bertz CT molecular complexity index is 91.7. The van der Waals surface area contributed by atoms with E-state index in [-0.39, 0.29) is 0 Å². The highest BCUT2D eigenvalue weighted by Crippen LogP contribution is 2.09. The first-order valence-corrected chi connectivity index (χ1v) is 3.49. The Balaban J connectivity index is 2.40. The van der Waals surface area contributed by atoms with Gasteiger partial charge in [0, 0.05) is 16.9 Å². The molecular formula is C4H7IN2. The summed E-state index contributed by atoms with van der Waals surface area (Å²) >= 11 is 2.34. The van der Waals surface area contributed by atoms with E-state index in [4.69, 9.17) is 5.41 Å². The zero-order valence-corrected chi connectivity index (χ0v) is 6.03. The molecule has 1 atom stereocenters. The molecule has 2 N–H and O–H groups in total. The quantitative estimate of drug-likeness (QED) is 0.449. The number of hydrogen-bond donors (Lipinski definition) is 2. The minimum absolute atomic E-state index is 0.657. The lowest BCUT2D eigenvalue weighted by atomic mass is 10.4. The maximum atomic E-state index is 7.06. The van der Waals surface area contributed by atoms with Gasteiger partial charge in [0.2, 0.25) is 0 Å². The fourth-order valence-electron chi connectivity index (χ4n) is 0.600. The predicted molar refractivity (Wildman–Crippen MR) is 38.2 cm³/mol.